The van der Waals surface area contributed by atoms with E-state index in [2.05, 4.69) is 21.0 Å². The molecule has 0 aliphatic carbocycles. The van der Waals surface area contributed by atoms with Crippen LogP contribution in [0.2, 0.25) is 0 Å². The van der Waals surface area contributed by atoms with E-state index < -0.39 is 0 Å². The lowest BCUT2D eigenvalue weighted by Gasteiger charge is -2.06. The van der Waals surface area contributed by atoms with Gasteiger partial charge >= 0.3 is 0 Å². The Labute approximate surface area is 121 Å². The van der Waals surface area contributed by atoms with Crippen LogP contribution in [0.25, 0.3) is 0 Å². The van der Waals surface area contributed by atoms with Crippen LogP contribution in [0.5, 0.6) is 0 Å². The van der Waals surface area contributed by atoms with Gasteiger partial charge in [0, 0.05) is 6.54 Å². The summed E-state index contributed by atoms with van der Waals surface area (Å²) in [5, 5.41) is 15.6. The lowest BCUT2D eigenvalue weighted by molar-refractivity contribution is 0.0953. The molecule has 0 spiro atoms. The van der Waals surface area contributed by atoms with E-state index in [9.17, 15) is 4.79 Å². The number of amides is 1. The molecule has 0 fully saturated rings. The molecule has 102 valence electrons. The van der Waals surface area contributed by atoms with E-state index in [1.807, 2.05) is 19.9 Å². The average molecular weight is 286 g/mol. The standard InChI is InChI=1S/C14H14N4OS/c1-9(2)12-13(20-18-17-12)14(19)16-8-11-5-3-4-10(6-11)7-15/h3-6,9H,8H2,1-2H3,(H,16,19). The minimum absolute atomic E-state index is 0.163. The van der Waals surface area contributed by atoms with Crippen molar-refractivity contribution in [1.82, 2.24) is 14.9 Å². The summed E-state index contributed by atoms with van der Waals surface area (Å²) in [7, 11) is 0. The smallest absolute Gasteiger partial charge is 0.265 e. The number of benzene rings is 1. The molecule has 6 heteroatoms. The molecular weight excluding hydrogens is 272 g/mol. The van der Waals surface area contributed by atoms with Crippen molar-refractivity contribution in [3.05, 3.63) is 46.0 Å². The molecule has 2 rings (SSSR count). The van der Waals surface area contributed by atoms with Gasteiger partial charge in [0.1, 0.15) is 4.88 Å². The van der Waals surface area contributed by atoms with E-state index in [0.717, 1.165) is 22.8 Å². The maximum Gasteiger partial charge on any atom is 0.265 e. The second-order valence-electron chi connectivity index (χ2n) is 4.64. The number of carbonyl (C=O) groups excluding carboxylic acids is 1. The van der Waals surface area contributed by atoms with Crippen molar-refractivity contribution in [1.29, 1.82) is 5.26 Å². The number of nitriles is 1. The first kappa shape index (κ1) is 14.2. The molecule has 1 N–H and O–H groups in total. The van der Waals surface area contributed by atoms with Crippen LogP contribution in [0.15, 0.2) is 24.3 Å². The van der Waals surface area contributed by atoms with Gasteiger partial charge in [-0.3, -0.25) is 4.79 Å². The maximum absolute atomic E-state index is 12.1. The maximum atomic E-state index is 12.1. The molecule has 1 heterocycles. The molecule has 1 aromatic heterocycles. The molecule has 5 nitrogen and oxygen atoms in total. The minimum Gasteiger partial charge on any atom is -0.347 e. The molecule has 0 atom stereocenters. The molecule has 0 bridgehead atoms. The fourth-order valence-electron chi connectivity index (χ4n) is 1.75. The molecule has 0 aliphatic heterocycles. The Bertz CT molecular complexity index is 657. The predicted molar refractivity (Wildman–Crippen MR) is 76.3 cm³/mol. The Kier molecular flexibility index (Phi) is 4.43. The summed E-state index contributed by atoms with van der Waals surface area (Å²) in [6, 6.07) is 9.24. The van der Waals surface area contributed by atoms with E-state index in [1.165, 1.54) is 0 Å². The topological polar surface area (TPSA) is 78.7 Å². The number of hydrogen-bond acceptors (Lipinski definition) is 5. The second-order valence-corrected chi connectivity index (χ2v) is 5.39. The third kappa shape index (κ3) is 3.19. The monoisotopic (exact) mass is 286 g/mol. The first-order chi connectivity index (χ1) is 9.61. The van der Waals surface area contributed by atoms with Crippen molar-refractivity contribution in [2.45, 2.75) is 26.3 Å². The molecule has 1 amide bonds. The van der Waals surface area contributed by atoms with Gasteiger partial charge in [0.2, 0.25) is 0 Å². The highest BCUT2D eigenvalue weighted by Crippen LogP contribution is 2.19. The van der Waals surface area contributed by atoms with Gasteiger partial charge < -0.3 is 5.32 Å². The van der Waals surface area contributed by atoms with Crippen molar-refractivity contribution in [2.24, 2.45) is 0 Å². The summed E-state index contributed by atoms with van der Waals surface area (Å²) in [6.45, 7) is 4.33. The second kappa shape index (κ2) is 6.26. The Hall–Kier alpha value is -2.26. The number of nitrogens with one attached hydrogen (secondary N) is 1. The summed E-state index contributed by atoms with van der Waals surface area (Å²) in [5.74, 6) is -0.0116. The fourth-order valence-corrected chi connectivity index (χ4v) is 2.48. The summed E-state index contributed by atoms with van der Waals surface area (Å²) in [5.41, 5.74) is 2.19. The van der Waals surface area contributed by atoms with Crippen molar-refractivity contribution < 1.29 is 4.79 Å². The normalized spacial score (nSPS) is 10.3. The summed E-state index contributed by atoms with van der Waals surface area (Å²) in [4.78, 5) is 12.7. The summed E-state index contributed by atoms with van der Waals surface area (Å²) >= 11 is 1.10. The van der Waals surface area contributed by atoms with Crippen molar-refractivity contribution >= 4 is 17.4 Å². The van der Waals surface area contributed by atoms with Gasteiger partial charge in [-0.05, 0) is 35.1 Å². The Morgan fingerprint density at radius 1 is 1.50 bits per heavy atom. The highest BCUT2D eigenvalue weighted by Gasteiger charge is 2.18. The van der Waals surface area contributed by atoms with E-state index in [1.54, 1.807) is 18.2 Å². The largest absolute Gasteiger partial charge is 0.347 e. The highest BCUT2D eigenvalue weighted by atomic mass is 32.1. The van der Waals surface area contributed by atoms with Gasteiger partial charge in [-0.2, -0.15) is 5.26 Å². The lowest BCUT2D eigenvalue weighted by Crippen LogP contribution is -2.23. The lowest BCUT2D eigenvalue weighted by atomic mass is 10.1. The fraction of sp³-hybridized carbons (Fsp3) is 0.286. The van der Waals surface area contributed by atoms with Crippen LogP contribution >= 0.6 is 11.5 Å². The SMILES string of the molecule is CC(C)c1nnsc1C(=O)NCc1cccc(C#N)c1. The van der Waals surface area contributed by atoms with Crippen LogP contribution in [0.1, 0.15) is 46.3 Å². The van der Waals surface area contributed by atoms with Crippen molar-refractivity contribution in [3.63, 3.8) is 0 Å². The summed E-state index contributed by atoms with van der Waals surface area (Å²) in [6.07, 6.45) is 0. The first-order valence-corrected chi connectivity index (χ1v) is 6.98. The number of rotatable bonds is 4. The van der Waals surface area contributed by atoms with Gasteiger partial charge in [-0.25, -0.2) is 0 Å². The molecule has 0 radical (unpaired) electrons. The quantitative estimate of drug-likeness (QED) is 0.936. The zero-order valence-electron chi connectivity index (χ0n) is 11.3. The third-order valence-corrected chi connectivity index (χ3v) is 3.52. The van der Waals surface area contributed by atoms with E-state index in [4.69, 9.17) is 5.26 Å². The average Bonchev–Trinajstić information content (AvgIpc) is 2.94. The van der Waals surface area contributed by atoms with E-state index in [0.29, 0.717) is 17.0 Å². The number of aromatic nitrogens is 2. The predicted octanol–water partition coefficient (Wildman–Crippen LogP) is 2.46. The van der Waals surface area contributed by atoms with Gasteiger partial charge in [0.25, 0.3) is 5.91 Å². The van der Waals surface area contributed by atoms with Crippen LogP contribution in [0.4, 0.5) is 0 Å². The van der Waals surface area contributed by atoms with Crippen LogP contribution < -0.4 is 5.32 Å². The molecule has 0 aliphatic rings. The van der Waals surface area contributed by atoms with Crippen LogP contribution in [-0.4, -0.2) is 15.5 Å². The molecule has 0 saturated heterocycles. The number of carbonyl (C=O) groups is 1. The van der Waals surface area contributed by atoms with Crippen LogP contribution in [-0.2, 0) is 6.54 Å². The summed E-state index contributed by atoms with van der Waals surface area (Å²) < 4.78 is 3.83. The molecule has 0 saturated carbocycles. The van der Waals surface area contributed by atoms with Gasteiger partial charge in [-0.1, -0.05) is 30.5 Å². The van der Waals surface area contributed by atoms with E-state index in [-0.39, 0.29) is 11.8 Å². The zero-order valence-corrected chi connectivity index (χ0v) is 12.1. The number of hydrogen-bond donors (Lipinski definition) is 1. The van der Waals surface area contributed by atoms with E-state index >= 15 is 0 Å². The minimum atomic E-state index is -0.175. The Morgan fingerprint density at radius 3 is 3.00 bits per heavy atom. The molecule has 20 heavy (non-hydrogen) atoms. The first-order valence-electron chi connectivity index (χ1n) is 6.21. The number of nitrogens with zero attached hydrogens (tertiary/aromatic N) is 3. The highest BCUT2D eigenvalue weighted by molar-refractivity contribution is 7.08. The van der Waals surface area contributed by atoms with Crippen molar-refractivity contribution in [3.8, 4) is 6.07 Å². The van der Waals surface area contributed by atoms with Gasteiger partial charge in [0.05, 0.1) is 17.3 Å². The van der Waals surface area contributed by atoms with Crippen LogP contribution in [0, 0.1) is 11.3 Å². The molecule has 1 aromatic carbocycles. The molecular formula is C14H14N4OS. The van der Waals surface area contributed by atoms with Gasteiger partial charge in [-0.15, -0.1) is 5.10 Å². The van der Waals surface area contributed by atoms with Gasteiger partial charge in [0.15, 0.2) is 0 Å². The van der Waals surface area contributed by atoms with Crippen molar-refractivity contribution in [2.75, 3.05) is 0 Å². The Balaban J connectivity index is 2.05. The molecule has 0 unspecified atom stereocenters. The third-order valence-electron chi connectivity index (χ3n) is 2.78. The molecule has 2 aromatic rings. The Morgan fingerprint density at radius 2 is 2.30 bits per heavy atom. The zero-order chi connectivity index (χ0) is 14.5. The van der Waals surface area contributed by atoms with Crippen LogP contribution in [0.3, 0.4) is 0 Å².